The second-order valence-electron chi connectivity index (χ2n) is 6.20. The van der Waals surface area contributed by atoms with Gasteiger partial charge < -0.3 is 5.73 Å². The molecule has 2 heteroatoms. The summed E-state index contributed by atoms with van der Waals surface area (Å²) in [6.45, 7) is 0. The van der Waals surface area contributed by atoms with Crippen molar-refractivity contribution in [1.82, 2.24) is 4.98 Å². The second-order valence-corrected chi connectivity index (χ2v) is 6.20. The molecule has 0 amide bonds. The maximum atomic E-state index is 6.34. The molecule has 0 bridgehead atoms. The van der Waals surface area contributed by atoms with Gasteiger partial charge in [-0.1, -0.05) is 56.4 Å². The van der Waals surface area contributed by atoms with E-state index in [4.69, 9.17) is 10.7 Å². The fraction of sp³-hybridized carbons (Fsp3) is 0.500. The molecule has 0 radical (unpaired) electrons. The quantitative estimate of drug-likeness (QED) is 0.907. The van der Waals surface area contributed by atoms with E-state index in [0.29, 0.717) is 0 Å². The van der Waals surface area contributed by atoms with Crippen LogP contribution in [0.3, 0.4) is 0 Å². The van der Waals surface area contributed by atoms with Crippen LogP contribution in [0.5, 0.6) is 0 Å². The molecule has 2 nitrogen and oxygen atoms in total. The molecule has 1 aliphatic carbocycles. The molecular formula is C18H24N2. The van der Waals surface area contributed by atoms with Crippen molar-refractivity contribution < 1.29 is 0 Å². The molecule has 0 spiro atoms. The van der Waals surface area contributed by atoms with Crippen molar-refractivity contribution in [1.29, 1.82) is 0 Å². The Morgan fingerprint density at radius 3 is 2.70 bits per heavy atom. The Bertz CT molecular complexity index is 558. The van der Waals surface area contributed by atoms with E-state index in [0.717, 1.165) is 30.0 Å². The minimum atomic E-state index is 0.256. The van der Waals surface area contributed by atoms with Gasteiger partial charge in [-0.2, -0.15) is 0 Å². The first kappa shape index (κ1) is 13.6. The highest BCUT2D eigenvalue weighted by Crippen LogP contribution is 2.27. The van der Waals surface area contributed by atoms with Crippen LogP contribution in [0.1, 0.15) is 44.2 Å². The zero-order chi connectivity index (χ0) is 13.8. The van der Waals surface area contributed by atoms with Crippen molar-refractivity contribution in [3.05, 3.63) is 42.1 Å². The van der Waals surface area contributed by atoms with E-state index in [1.807, 2.05) is 6.07 Å². The Kier molecular flexibility index (Phi) is 4.31. The predicted molar refractivity (Wildman–Crippen MR) is 84.6 cm³/mol. The van der Waals surface area contributed by atoms with E-state index in [2.05, 4.69) is 30.3 Å². The summed E-state index contributed by atoms with van der Waals surface area (Å²) in [5.41, 5.74) is 8.55. The summed E-state index contributed by atoms with van der Waals surface area (Å²) in [5.74, 6) is 0.846. The summed E-state index contributed by atoms with van der Waals surface area (Å²) in [5, 5.41) is 1.21. The van der Waals surface area contributed by atoms with Crippen LogP contribution in [0.25, 0.3) is 10.9 Å². The fourth-order valence-corrected chi connectivity index (χ4v) is 3.42. The number of benzene rings is 1. The smallest absolute Gasteiger partial charge is 0.0705 e. The topological polar surface area (TPSA) is 38.9 Å². The standard InChI is InChI=1S/C18H24N2/c19-16(12-14-6-2-1-3-7-14)13-17-11-10-15-8-4-5-9-18(15)20-17/h4-5,8-11,14,16H,1-3,6-7,12-13,19H2. The van der Waals surface area contributed by atoms with Crippen molar-refractivity contribution in [2.75, 3.05) is 0 Å². The van der Waals surface area contributed by atoms with E-state index in [-0.39, 0.29) is 6.04 Å². The third-order valence-corrected chi connectivity index (χ3v) is 4.49. The summed E-state index contributed by atoms with van der Waals surface area (Å²) < 4.78 is 0. The molecule has 1 heterocycles. The van der Waals surface area contributed by atoms with Crippen LogP contribution in [-0.2, 0) is 6.42 Å². The average Bonchev–Trinajstić information content (AvgIpc) is 2.48. The highest BCUT2D eigenvalue weighted by molar-refractivity contribution is 5.78. The molecular weight excluding hydrogens is 244 g/mol. The molecule has 1 unspecified atom stereocenters. The lowest BCUT2D eigenvalue weighted by atomic mass is 9.84. The number of hydrogen-bond donors (Lipinski definition) is 1. The van der Waals surface area contributed by atoms with Gasteiger partial charge in [-0.25, -0.2) is 0 Å². The normalized spacial score (nSPS) is 18.2. The van der Waals surface area contributed by atoms with E-state index in [1.54, 1.807) is 0 Å². The molecule has 0 aliphatic heterocycles. The third-order valence-electron chi connectivity index (χ3n) is 4.49. The average molecular weight is 268 g/mol. The SMILES string of the molecule is NC(Cc1ccc2ccccc2n1)CC1CCCCC1. The summed E-state index contributed by atoms with van der Waals surface area (Å²) in [6.07, 6.45) is 9.02. The van der Waals surface area contributed by atoms with E-state index in [9.17, 15) is 0 Å². The largest absolute Gasteiger partial charge is 0.327 e. The van der Waals surface area contributed by atoms with E-state index >= 15 is 0 Å². The zero-order valence-electron chi connectivity index (χ0n) is 12.1. The van der Waals surface area contributed by atoms with Gasteiger partial charge in [0.05, 0.1) is 5.52 Å². The molecule has 20 heavy (non-hydrogen) atoms. The zero-order valence-corrected chi connectivity index (χ0v) is 12.1. The van der Waals surface area contributed by atoms with Gasteiger partial charge in [0.2, 0.25) is 0 Å². The monoisotopic (exact) mass is 268 g/mol. The van der Waals surface area contributed by atoms with Crippen LogP contribution in [0.15, 0.2) is 36.4 Å². The Balaban J connectivity index is 1.62. The first-order valence-electron chi connectivity index (χ1n) is 7.91. The molecule has 2 aromatic rings. The molecule has 1 saturated carbocycles. The fourth-order valence-electron chi connectivity index (χ4n) is 3.42. The molecule has 1 atom stereocenters. The van der Waals surface area contributed by atoms with Crippen LogP contribution >= 0.6 is 0 Å². The molecule has 2 N–H and O–H groups in total. The number of aromatic nitrogens is 1. The minimum absolute atomic E-state index is 0.256. The van der Waals surface area contributed by atoms with Gasteiger partial charge >= 0.3 is 0 Å². The summed E-state index contributed by atoms with van der Waals surface area (Å²) >= 11 is 0. The lowest BCUT2D eigenvalue weighted by molar-refractivity contribution is 0.316. The van der Waals surface area contributed by atoms with E-state index < -0.39 is 0 Å². The van der Waals surface area contributed by atoms with Gasteiger partial charge in [0.25, 0.3) is 0 Å². The highest BCUT2D eigenvalue weighted by atomic mass is 14.7. The van der Waals surface area contributed by atoms with Gasteiger partial charge in [0, 0.05) is 23.5 Å². The third kappa shape index (κ3) is 3.37. The van der Waals surface area contributed by atoms with Crippen LogP contribution in [0.4, 0.5) is 0 Å². The predicted octanol–water partition coefficient (Wildman–Crippen LogP) is 4.08. The molecule has 0 saturated heterocycles. The second kappa shape index (κ2) is 6.36. The first-order chi connectivity index (χ1) is 9.81. The number of nitrogens with zero attached hydrogens (tertiary/aromatic N) is 1. The number of rotatable bonds is 4. The maximum Gasteiger partial charge on any atom is 0.0705 e. The summed E-state index contributed by atoms with van der Waals surface area (Å²) in [7, 11) is 0. The number of fused-ring (bicyclic) bond motifs is 1. The van der Waals surface area contributed by atoms with Crippen LogP contribution in [0, 0.1) is 5.92 Å². The summed E-state index contributed by atoms with van der Waals surface area (Å²) in [6, 6.07) is 12.8. The van der Waals surface area contributed by atoms with Crippen molar-refractivity contribution in [2.45, 2.75) is 51.0 Å². The Morgan fingerprint density at radius 2 is 1.85 bits per heavy atom. The van der Waals surface area contributed by atoms with Gasteiger partial charge in [-0.3, -0.25) is 4.98 Å². The van der Waals surface area contributed by atoms with Crippen molar-refractivity contribution in [3.8, 4) is 0 Å². The lowest BCUT2D eigenvalue weighted by Gasteiger charge is -2.24. The van der Waals surface area contributed by atoms with Gasteiger partial charge in [0.15, 0.2) is 0 Å². The van der Waals surface area contributed by atoms with Gasteiger partial charge in [0.1, 0.15) is 0 Å². The van der Waals surface area contributed by atoms with Crippen molar-refractivity contribution in [3.63, 3.8) is 0 Å². The Morgan fingerprint density at radius 1 is 1.05 bits per heavy atom. The molecule has 1 aliphatic rings. The molecule has 1 aromatic heterocycles. The Hall–Kier alpha value is -1.41. The molecule has 1 aromatic carbocycles. The molecule has 106 valence electrons. The van der Waals surface area contributed by atoms with E-state index in [1.165, 1.54) is 37.5 Å². The van der Waals surface area contributed by atoms with Crippen LogP contribution in [-0.4, -0.2) is 11.0 Å². The molecule has 3 rings (SSSR count). The van der Waals surface area contributed by atoms with Crippen LogP contribution in [0.2, 0.25) is 0 Å². The summed E-state index contributed by atoms with van der Waals surface area (Å²) in [4.78, 5) is 4.73. The maximum absolute atomic E-state index is 6.34. The molecule has 1 fully saturated rings. The highest BCUT2D eigenvalue weighted by Gasteiger charge is 2.17. The minimum Gasteiger partial charge on any atom is -0.327 e. The number of hydrogen-bond acceptors (Lipinski definition) is 2. The Labute approximate surface area is 121 Å². The van der Waals surface area contributed by atoms with Crippen molar-refractivity contribution in [2.24, 2.45) is 11.7 Å². The number of pyridine rings is 1. The first-order valence-corrected chi connectivity index (χ1v) is 7.91. The lowest BCUT2D eigenvalue weighted by Crippen LogP contribution is -2.27. The van der Waals surface area contributed by atoms with Gasteiger partial charge in [-0.05, 0) is 24.5 Å². The van der Waals surface area contributed by atoms with Crippen molar-refractivity contribution >= 4 is 10.9 Å². The van der Waals surface area contributed by atoms with Crippen LogP contribution < -0.4 is 5.73 Å². The number of para-hydroxylation sites is 1. The van der Waals surface area contributed by atoms with Gasteiger partial charge in [-0.15, -0.1) is 0 Å². The number of nitrogens with two attached hydrogens (primary N) is 1.